The highest BCUT2D eigenvalue weighted by Crippen LogP contribution is 2.34. The Morgan fingerprint density at radius 2 is 2.11 bits per heavy atom. The summed E-state index contributed by atoms with van der Waals surface area (Å²) in [6.45, 7) is 5.29. The minimum Gasteiger partial charge on any atom is -0.329 e. The maximum Gasteiger partial charge on any atom is 0.0564 e. The van der Waals surface area contributed by atoms with Gasteiger partial charge in [0.1, 0.15) is 0 Å². The summed E-state index contributed by atoms with van der Waals surface area (Å²) < 4.78 is 0. The number of hydrogen-bond acceptors (Lipinski definition) is 3. The summed E-state index contributed by atoms with van der Waals surface area (Å²) in [7, 11) is 2.26. The molecule has 1 aliphatic rings. The lowest BCUT2D eigenvalue weighted by Gasteiger charge is -2.40. The molecule has 0 spiro atoms. The van der Waals surface area contributed by atoms with E-state index >= 15 is 0 Å². The Balaban J connectivity index is 2.11. The molecule has 0 amide bonds. The minimum atomic E-state index is 0.397. The van der Waals surface area contributed by atoms with Crippen LogP contribution >= 0.6 is 11.3 Å². The predicted molar refractivity (Wildman–Crippen MR) is 80.0 cm³/mol. The monoisotopic (exact) mass is 266 g/mol. The molecule has 1 aromatic heterocycles. The minimum absolute atomic E-state index is 0.397. The van der Waals surface area contributed by atoms with Gasteiger partial charge in [-0.2, -0.15) is 0 Å². The summed E-state index contributed by atoms with van der Waals surface area (Å²) in [6.07, 6.45) is 5.48. The second kappa shape index (κ2) is 6.18. The van der Waals surface area contributed by atoms with Crippen molar-refractivity contribution in [3.8, 4) is 0 Å². The molecule has 1 fully saturated rings. The molecule has 0 radical (unpaired) electrons. The third kappa shape index (κ3) is 2.95. The SMILES string of the molecule is Cc1ccc(C(CN)N(C)C2CCCCC2C)s1. The van der Waals surface area contributed by atoms with Gasteiger partial charge in [-0.3, -0.25) is 4.90 Å². The van der Waals surface area contributed by atoms with E-state index in [1.807, 2.05) is 11.3 Å². The van der Waals surface area contributed by atoms with Crippen molar-refractivity contribution in [1.82, 2.24) is 4.90 Å². The Hall–Kier alpha value is -0.380. The molecule has 2 nitrogen and oxygen atoms in total. The van der Waals surface area contributed by atoms with Gasteiger partial charge in [0.05, 0.1) is 6.04 Å². The molecule has 3 atom stereocenters. The zero-order chi connectivity index (χ0) is 13.1. The van der Waals surface area contributed by atoms with Crippen LogP contribution in [0.25, 0.3) is 0 Å². The standard InChI is InChI=1S/C15H26N2S/c1-11-6-4-5-7-13(11)17(3)14(10-16)15-9-8-12(2)18-15/h8-9,11,13-14H,4-7,10,16H2,1-3H3. The molecule has 0 saturated heterocycles. The maximum atomic E-state index is 6.03. The summed E-state index contributed by atoms with van der Waals surface area (Å²) in [6, 6.07) is 5.56. The lowest BCUT2D eigenvalue weighted by Crippen LogP contribution is -2.43. The van der Waals surface area contributed by atoms with Gasteiger partial charge in [0.2, 0.25) is 0 Å². The first kappa shape index (κ1) is 14.0. The Morgan fingerprint density at radius 3 is 2.67 bits per heavy atom. The summed E-state index contributed by atoms with van der Waals surface area (Å²) in [4.78, 5) is 5.35. The highest BCUT2D eigenvalue weighted by molar-refractivity contribution is 7.12. The molecule has 0 bridgehead atoms. The van der Waals surface area contributed by atoms with Gasteiger partial charge in [-0.25, -0.2) is 0 Å². The molecule has 102 valence electrons. The smallest absolute Gasteiger partial charge is 0.0564 e. The average Bonchev–Trinajstić information content (AvgIpc) is 2.77. The first-order chi connectivity index (χ1) is 8.63. The van der Waals surface area contributed by atoms with Gasteiger partial charge in [-0.05, 0) is 44.9 Å². The van der Waals surface area contributed by atoms with Crippen LogP contribution in [0.5, 0.6) is 0 Å². The van der Waals surface area contributed by atoms with Crippen molar-refractivity contribution in [2.24, 2.45) is 11.7 Å². The van der Waals surface area contributed by atoms with Crippen molar-refractivity contribution in [3.05, 3.63) is 21.9 Å². The fourth-order valence-electron chi connectivity index (χ4n) is 3.25. The molecule has 2 N–H and O–H groups in total. The molecule has 0 aromatic carbocycles. The van der Waals surface area contributed by atoms with E-state index in [4.69, 9.17) is 5.73 Å². The van der Waals surface area contributed by atoms with E-state index in [1.54, 1.807) is 0 Å². The van der Waals surface area contributed by atoms with Crippen LogP contribution in [0.3, 0.4) is 0 Å². The third-order valence-electron chi connectivity index (χ3n) is 4.39. The van der Waals surface area contributed by atoms with E-state index < -0.39 is 0 Å². The van der Waals surface area contributed by atoms with E-state index in [1.165, 1.54) is 35.4 Å². The summed E-state index contributed by atoms with van der Waals surface area (Å²) in [5, 5.41) is 0. The predicted octanol–water partition coefficient (Wildman–Crippen LogP) is 3.57. The van der Waals surface area contributed by atoms with Crippen molar-refractivity contribution in [3.63, 3.8) is 0 Å². The van der Waals surface area contributed by atoms with E-state index in [-0.39, 0.29) is 0 Å². The lowest BCUT2D eigenvalue weighted by molar-refractivity contribution is 0.101. The normalized spacial score (nSPS) is 26.5. The number of likely N-dealkylation sites (N-methyl/N-ethyl adjacent to an activating group) is 1. The van der Waals surface area contributed by atoms with Crippen LogP contribution in [0.1, 0.15) is 48.4 Å². The van der Waals surface area contributed by atoms with E-state index in [0.717, 1.165) is 12.5 Å². The molecule has 1 aliphatic carbocycles. The van der Waals surface area contributed by atoms with Crippen molar-refractivity contribution in [1.29, 1.82) is 0 Å². The molecule has 1 heterocycles. The number of rotatable bonds is 4. The molecule has 0 aliphatic heterocycles. The van der Waals surface area contributed by atoms with Crippen molar-refractivity contribution < 1.29 is 0 Å². The van der Waals surface area contributed by atoms with Crippen LogP contribution in [0.4, 0.5) is 0 Å². The van der Waals surface area contributed by atoms with Crippen molar-refractivity contribution in [2.45, 2.75) is 51.6 Å². The van der Waals surface area contributed by atoms with Gasteiger partial charge in [0, 0.05) is 22.3 Å². The summed E-state index contributed by atoms with van der Waals surface area (Å²) in [5.41, 5.74) is 6.03. The topological polar surface area (TPSA) is 29.3 Å². The molecular weight excluding hydrogens is 240 g/mol. The van der Waals surface area contributed by atoms with Gasteiger partial charge in [0.15, 0.2) is 0 Å². The van der Waals surface area contributed by atoms with Crippen LogP contribution in [0.2, 0.25) is 0 Å². The van der Waals surface area contributed by atoms with Crippen LogP contribution < -0.4 is 5.73 Å². The van der Waals surface area contributed by atoms with E-state index in [0.29, 0.717) is 12.1 Å². The van der Waals surface area contributed by atoms with Gasteiger partial charge < -0.3 is 5.73 Å². The Bertz CT molecular complexity index is 374. The lowest BCUT2D eigenvalue weighted by atomic mass is 9.84. The molecule has 1 aromatic rings. The zero-order valence-corrected chi connectivity index (χ0v) is 12.7. The zero-order valence-electron chi connectivity index (χ0n) is 11.9. The number of nitrogens with zero attached hydrogens (tertiary/aromatic N) is 1. The molecule has 3 heteroatoms. The second-order valence-electron chi connectivity index (χ2n) is 5.69. The first-order valence-corrected chi connectivity index (χ1v) is 7.93. The van der Waals surface area contributed by atoms with Crippen LogP contribution in [-0.4, -0.2) is 24.5 Å². The first-order valence-electron chi connectivity index (χ1n) is 7.11. The highest BCUT2D eigenvalue weighted by Gasteiger charge is 2.29. The van der Waals surface area contributed by atoms with Crippen molar-refractivity contribution in [2.75, 3.05) is 13.6 Å². The number of nitrogens with two attached hydrogens (primary N) is 1. The van der Waals surface area contributed by atoms with Crippen LogP contribution in [-0.2, 0) is 0 Å². The largest absolute Gasteiger partial charge is 0.329 e. The molecule has 18 heavy (non-hydrogen) atoms. The quantitative estimate of drug-likeness (QED) is 0.903. The van der Waals surface area contributed by atoms with Gasteiger partial charge >= 0.3 is 0 Å². The summed E-state index contributed by atoms with van der Waals surface area (Å²) in [5.74, 6) is 0.804. The fraction of sp³-hybridized carbons (Fsp3) is 0.733. The van der Waals surface area contributed by atoms with Crippen LogP contribution in [0.15, 0.2) is 12.1 Å². The molecule has 1 saturated carbocycles. The van der Waals surface area contributed by atoms with Gasteiger partial charge in [-0.1, -0.05) is 19.8 Å². The second-order valence-corrected chi connectivity index (χ2v) is 7.01. The van der Waals surface area contributed by atoms with Crippen molar-refractivity contribution >= 4 is 11.3 Å². The Kier molecular flexibility index (Phi) is 4.82. The van der Waals surface area contributed by atoms with Crippen LogP contribution in [0, 0.1) is 12.8 Å². The van der Waals surface area contributed by atoms with E-state index in [9.17, 15) is 0 Å². The maximum absolute atomic E-state index is 6.03. The average molecular weight is 266 g/mol. The van der Waals surface area contributed by atoms with Gasteiger partial charge in [0.25, 0.3) is 0 Å². The highest BCUT2D eigenvalue weighted by atomic mass is 32.1. The third-order valence-corrected chi connectivity index (χ3v) is 5.50. The van der Waals surface area contributed by atoms with Gasteiger partial charge in [-0.15, -0.1) is 11.3 Å². The number of thiophene rings is 1. The number of aryl methyl sites for hydroxylation is 1. The molecular formula is C15H26N2S. The fourth-order valence-corrected chi connectivity index (χ4v) is 4.29. The van der Waals surface area contributed by atoms with E-state index in [2.05, 4.69) is 37.9 Å². The molecule has 2 rings (SSSR count). The number of hydrogen-bond donors (Lipinski definition) is 1. The summed E-state index contributed by atoms with van der Waals surface area (Å²) >= 11 is 1.89. The molecule has 3 unspecified atom stereocenters. The Morgan fingerprint density at radius 1 is 1.39 bits per heavy atom. The Labute approximate surface area is 115 Å².